The summed E-state index contributed by atoms with van der Waals surface area (Å²) in [5.74, 6) is 2.61. The van der Waals surface area contributed by atoms with Gasteiger partial charge in [0, 0.05) is 29.6 Å². The van der Waals surface area contributed by atoms with E-state index in [0.717, 1.165) is 28.7 Å². The third-order valence-electron chi connectivity index (χ3n) is 2.12. The lowest BCUT2D eigenvalue weighted by molar-refractivity contribution is 0.793. The zero-order valence-electron chi connectivity index (χ0n) is 8.89. The number of hydrogen-bond donors (Lipinski definition) is 0. The molecule has 2 rings (SSSR count). The Morgan fingerprint density at radius 2 is 2.38 bits per heavy atom. The van der Waals surface area contributed by atoms with Crippen LogP contribution in [0.5, 0.6) is 0 Å². The molecule has 0 unspecified atom stereocenters. The second kappa shape index (κ2) is 5.70. The van der Waals surface area contributed by atoms with Crippen molar-refractivity contribution in [3.8, 4) is 11.4 Å². The van der Waals surface area contributed by atoms with E-state index in [-0.39, 0.29) is 0 Å². The van der Waals surface area contributed by atoms with E-state index in [9.17, 15) is 0 Å². The van der Waals surface area contributed by atoms with E-state index < -0.39 is 0 Å². The number of nitrogens with zero attached hydrogens (tertiary/aromatic N) is 3. The number of thiophene rings is 1. The molecule has 0 saturated carbocycles. The largest absolute Gasteiger partial charge is 0.305 e. The van der Waals surface area contributed by atoms with Crippen molar-refractivity contribution < 1.29 is 0 Å². The molecule has 0 aromatic carbocycles. The van der Waals surface area contributed by atoms with Gasteiger partial charge in [-0.1, -0.05) is 11.8 Å². The quantitative estimate of drug-likeness (QED) is 0.476. The van der Waals surface area contributed by atoms with Gasteiger partial charge in [-0.3, -0.25) is 0 Å². The lowest BCUT2D eigenvalue weighted by atomic mass is 10.3. The molecule has 0 aliphatic heterocycles. The smallest absolute Gasteiger partial charge is 0.191 e. The van der Waals surface area contributed by atoms with Gasteiger partial charge in [0.1, 0.15) is 0 Å². The van der Waals surface area contributed by atoms with E-state index in [2.05, 4.69) is 21.6 Å². The minimum atomic E-state index is 0.697. The molecule has 0 N–H and O–H groups in total. The lowest BCUT2D eigenvalue weighted by Gasteiger charge is -2.01. The van der Waals surface area contributed by atoms with Gasteiger partial charge in [0.15, 0.2) is 11.0 Å². The number of thioether (sulfide) groups is 1. The van der Waals surface area contributed by atoms with Crippen LogP contribution in [-0.2, 0) is 7.05 Å². The highest BCUT2D eigenvalue weighted by Crippen LogP contribution is 2.24. The van der Waals surface area contributed by atoms with E-state index in [1.165, 1.54) is 0 Å². The molecule has 2 aromatic rings. The third kappa shape index (κ3) is 2.59. The number of alkyl halides is 1. The Balaban J connectivity index is 2.12. The molecule has 6 heteroatoms. The maximum absolute atomic E-state index is 5.64. The van der Waals surface area contributed by atoms with Gasteiger partial charge in [-0.2, -0.15) is 11.3 Å². The van der Waals surface area contributed by atoms with E-state index >= 15 is 0 Å². The van der Waals surface area contributed by atoms with E-state index in [1.807, 2.05) is 17.0 Å². The van der Waals surface area contributed by atoms with Crippen LogP contribution in [0.15, 0.2) is 22.0 Å². The Morgan fingerprint density at radius 3 is 3.06 bits per heavy atom. The minimum Gasteiger partial charge on any atom is -0.305 e. The van der Waals surface area contributed by atoms with Crippen LogP contribution in [-0.4, -0.2) is 26.4 Å². The molecule has 0 atom stereocenters. The van der Waals surface area contributed by atoms with Crippen molar-refractivity contribution in [3.05, 3.63) is 16.8 Å². The first-order valence-corrected chi connectivity index (χ1v) is 7.40. The molecule has 0 radical (unpaired) electrons. The highest BCUT2D eigenvalue weighted by Gasteiger charge is 2.10. The topological polar surface area (TPSA) is 30.7 Å². The van der Waals surface area contributed by atoms with Crippen molar-refractivity contribution in [2.24, 2.45) is 7.05 Å². The number of rotatable bonds is 5. The first-order chi connectivity index (χ1) is 7.83. The van der Waals surface area contributed by atoms with Crippen molar-refractivity contribution >= 4 is 34.7 Å². The summed E-state index contributed by atoms with van der Waals surface area (Å²) in [7, 11) is 2.00. The molecule has 16 heavy (non-hydrogen) atoms. The van der Waals surface area contributed by atoms with Crippen LogP contribution >= 0.6 is 34.7 Å². The molecule has 2 aromatic heterocycles. The minimum absolute atomic E-state index is 0.697. The van der Waals surface area contributed by atoms with Crippen LogP contribution in [0.25, 0.3) is 11.4 Å². The fourth-order valence-electron chi connectivity index (χ4n) is 1.30. The highest BCUT2D eigenvalue weighted by atomic mass is 35.5. The normalized spacial score (nSPS) is 10.9. The molecule has 0 spiro atoms. The Bertz CT molecular complexity index is 439. The molecule has 0 fully saturated rings. The zero-order chi connectivity index (χ0) is 11.4. The Hall–Kier alpha value is -0.520. The maximum Gasteiger partial charge on any atom is 0.191 e. The van der Waals surface area contributed by atoms with Crippen LogP contribution in [0.3, 0.4) is 0 Å². The summed E-state index contributed by atoms with van der Waals surface area (Å²) in [4.78, 5) is 0. The number of aromatic nitrogens is 3. The summed E-state index contributed by atoms with van der Waals surface area (Å²) in [6.45, 7) is 0. The molecule has 86 valence electrons. The molecule has 0 amide bonds. The molecular formula is C10H12ClN3S2. The lowest BCUT2D eigenvalue weighted by Crippen LogP contribution is -1.94. The van der Waals surface area contributed by atoms with Crippen LogP contribution in [0.4, 0.5) is 0 Å². The molecular weight excluding hydrogens is 262 g/mol. The number of halogens is 1. The predicted octanol–water partition coefficient (Wildman–Crippen LogP) is 3.26. The molecule has 0 aliphatic rings. The highest BCUT2D eigenvalue weighted by molar-refractivity contribution is 7.99. The average Bonchev–Trinajstić information content (AvgIpc) is 2.89. The van der Waals surface area contributed by atoms with Gasteiger partial charge in [-0.15, -0.1) is 21.8 Å². The third-order valence-corrected chi connectivity index (χ3v) is 4.18. The summed E-state index contributed by atoms with van der Waals surface area (Å²) in [6, 6.07) is 2.06. The van der Waals surface area contributed by atoms with Gasteiger partial charge in [0.25, 0.3) is 0 Å². The summed E-state index contributed by atoms with van der Waals surface area (Å²) in [6.07, 6.45) is 0.993. The second-order valence-corrected chi connectivity index (χ2v) is 5.49. The molecule has 2 heterocycles. The van der Waals surface area contributed by atoms with Crippen molar-refractivity contribution in [2.75, 3.05) is 11.6 Å². The van der Waals surface area contributed by atoms with Gasteiger partial charge >= 0.3 is 0 Å². The monoisotopic (exact) mass is 273 g/mol. The summed E-state index contributed by atoms with van der Waals surface area (Å²) < 4.78 is 2.03. The fraction of sp³-hybridized carbons (Fsp3) is 0.400. The van der Waals surface area contributed by atoms with Crippen LogP contribution in [0.1, 0.15) is 6.42 Å². The van der Waals surface area contributed by atoms with Crippen molar-refractivity contribution in [1.29, 1.82) is 0 Å². The second-order valence-electron chi connectivity index (χ2n) is 3.27. The fourth-order valence-corrected chi connectivity index (χ4v) is 3.08. The molecule has 0 saturated heterocycles. The molecule has 0 bridgehead atoms. The van der Waals surface area contributed by atoms with E-state index in [1.54, 1.807) is 23.1 Å². The first kappa shape index (κ1) is 12.0. The zero-order valence-corrected chi connectivity index (χ0v) is 11.3. The van der Waals surface area contributed by atoms with Crippen LogP contribution in [0, 0.1) is 0 Å². The van der Waals surface area contributed by atoms with Crippen LogP contribution in [0.2, 0.25) is 0 Å². The Morgan fingerprint density at radius 1 is 1.50 bits per heavy atom. The Kier molecular flexibility index (Phi) is 4.26. The van der Waals surface area contributed by atoms with Crippen molar-refractivity contribution in [3.63, 3.8) is 0 Å². The molecule has 3 nitrogen and oxygen atoms in total. The summed E-state index contributed by atoms with van der Waals surface area (Å²) in [5.41, 5.74) is 1.13. The van der Waals surface area contributed by atoms with E-state index in [4.69, 9.17) is 11.6 Å². The average molecular weight is 274 g/mol. The van der Waals surface area contributed by atoms with Crippen molar-refractivity contribution in [1.82, 2.24) is 14.8 Å². The van der Waals surface area contributed by atoms with Gasteiger partial charge in [0.05, 0.1) is 0 Å². The summed E-state index contributed by atoms with van der Waals surface area (Å²) >= 11 is 9.01. The van der Waals surface area contributed by atoms with Gasteiger partial charge in [-0.05, 0) is 17.9 Å². The predicted molar refractivity (Wildman–Crippen MR) is 70.4 cm³/mol. The standard InChI is InChI=1S/C10H12ClN3S2/c1-14-9(8-3-6-15-7-8)12-13-10(14)16-5-2-4-11/h3,6-7H,2,4-5H2,1H3. The summed E-state index contributed by atoms with van der Waals surface area (Å²) in [5, 5.41) is 13.5. The van der Waals surface area contributed by atoms with Crippen molar-refractivity contribution in [2.45, 2.75) is 11.6 Å². The van der Waals surface area contributed by atoms with E-state index in [0.29, 0.717) is 5.88 Å². The SMILES string of the molecule is Cn1c(SCCCCl)nnc1-c1ccsc1. The van der Waals surface area contributed by atoms with Gasteiger partial charge < -0.3 is 4.57 Å². The van der Waals surface area contributed by atoms with Gasteiger partial charge in [0.2, 0.25) is 0 Å². The number of hydrogen-bond acceptors (Lipinski definition) is 4. The van der Waals surface area contributed by atoms with Gasteiger partial charge in [-0.25, -0.2) is 0 Å². The van der Waals surface area contributed by atoms with Crippen LogP contribution < -0.4 is 0 Å². The maximum atomic E-state index is 5.64. The molecule has 0 aliphatic carbocycles. The first-order valence-electron chi connectivity index (χ1n) is 4.93. The Labute approximate surface area is 108 Å².